The molecule has 2 unspecified atom stereocenters. The van der Waals surface area contributed by atoms with Crippen LogP contribution in [0.25, 0.3) is 11.1 Å². The van der Waals surface area contributed by atoms with Crippen molar-refractivity contribution in [3.05, 3.63) is 59.7 Å². The van der Waals surface area contributed by atoms with Gasteiger partial charge in [-0.2, -0.15) is 0 Å². The minimum absolute atomic E-state index is 0.0692. The van der Waals surface area contributed by atoms with E-state index in [1.807, 2.05) is 69.3 Å². The van der Waals surface area contributed by atoms with Crippen LogP contribution in [-0.4, -0.2) is 41.3 Å². The molecule has 0 spiro atoms. The van der Waals surface area contributed by atoms with E-state index in [1.165, 1.54) is 0 Å². The number of ether oxygens (including phenoxy) is 1. The Kier molecular flexibility index (Phi) is 5.44. The van der Waals surface area contributed by atoms with Crippen molar-refractivity contribution in [3.63, 3.8) is 0 Å². The van der Waals surface area contributed by atoms with Crippen LogP contribution in [0, 0.1) is 5.41 Å². The second-order valence-corrected chi connectivity index (χ2v) is 9.50. The van der Waals surface area contributed by atoms with E-state index in [1.54, 1.807) is 0 Å². The molecule has 2 aromatic rings. The molecule has 7 nitrogen and oxygen atoms in total. The molecular weight excluding hydrogens is 408 g/mol. The Morgan fingerprint density at radius 2 is 1.56 bits per heavy atom. The summed E-state index contributed by atoms with van der Waals surface area (Å²) >= 11 is 0. The number of hydrogen-bond donors (Lipinski definition) is 3. The summed E-state index contributed by atoms with van der Waals surface area (Å²) < 4.78 is 5.47. The zero-order valence-corrected chi connectivity index (χ0v) is 18.5. The maximum atomic E-state index is 12.7. The first-order valence-corrected chi connectivity index (χ1v) is 10.8. The van der Waals surface area contributed by atoms with Gasteiger partial charge in [0, 0.05) is 11.5 Å². The van der Waals surface area contributed by atoms with Crippen LogP contribution in [0.4, 0.5) is 4.79 Å². The first-order chi connectivity index (χ1) is 15.1. The fraction of sp³-hybridized carbons (Fsp3) is 0.400. The van der Waals surface area contributed by atoms with Gasteiger partial charge >= 0.3 is 12.1 Å². The standard InChI is InChI=1S/C25H28N2O5/c1-24(2)14-25(24,3)27-22(30)20(12-21(28)29)26-23(31)32-13-19-17-10-6-4-8-15(17)16-9-5-7-11-18(16)19/h4-11,19-20H,12-14H2,1-3H3,(H,26,31)(H,27,30)(H,28,29). The van der Waals surface area contributed by atoms with Crippen molar-refractivity contribution in [2.45, 2.75) is 51.1 Å². The van der Waals surface area contributed by atoms with Gasteiger partial charge in [0.25, 0.3) is 0 Å². The van der Waals surface area contributed by atoms with E-state index in [9.17, 15) is 19.5 Å². The predicted octanol–water partition coefficient (Wildman–Crippen LogP) is 3.67. The van der Waals surface area contributed by atoms with Gasteiger partial charge in [-0.25, -0.2) is 4.79 Å². The molecule has 2 aliphatic carbocycles. The minimum atomic E-state index is -1.21. The van der Waals surface area contributed by atoms with Gasteiger partial charge in [0.1, 0.15) is 12.6 Å². The molecule has 2 amide bonds. The topological polar surface area (TPSA) is 105 Å². The molecule has 1 fully saturated rings. The molecule has 32 heavy (non-hydrogen) atoms. The lowest BCUT2D eigenvalue weighted by Gasteiger charge is -2.22. The number of carbonyl (C=O) groups is 3. The highest BCUT2D eigenvalue weighted by molar-refractivity contribution is 5.90. The third kappa shape index (κ3) is 4.07. The molecule has 168 valence electrons. The zero-order chi connectivity index (χ0) is 23.1. The molecule has 0 bridgehead atoms. The van der Waals surface area contributed by atoms with Crippen LogP contribution in [0.2, 0.25) is 0 Å². The Morgan fingerprint density at radius 1 is 1.03 bits per heavy atom. The van der Waals surface area contributed by atoms with E-state index < -0.39 is 36.0 Å². The lowest BCUT2D eigenvalue weighted by atomic mass is 9.98. The average molecular weight is 437 g/mol. The van der Waals surface area contributed by atoms with E-state index in [-0.39, 0.29) is 17.9 Å². The summed E-state index contributed by atoms with van der Waals surface area (Å²) in [7, 11) is 0. The number of benzene rings is 2. The fourth-order valence-electron chi connectivity index (χ4n) is 4.58. The Bertz CT molecular complexity index is 1030. The number of carbonyl (C=O) groups excluding carboxylic acids is 2. The number of aliphatic carboxylic acids is 1. The van der Waals surface area contributed by atoms with Crippen molar-refractivity contribution >= 4 is 18.0 Å². The third-order valence-electron chi connectivity index (χ3n) is 6.89. The molecule has 4 rings (SSSR count). The highest BCUT2D eigenvalue weighted by Gasteiger charge is 2.58. The van der Waals surface area contributed by atoms with Crippen LogP contribution in [0.3, 0.4) is 0 Å². The maximum absolute atomic E-state index is 12.7. The first kappa shape index (κ1) is 21.9. The number of carboxylic acids is 1. The zero-order valence-electron chi connectivity index (χ0n) is 18.5. The second-order valence-electron chi connectivity index (χ2n) is 9.50. The number of hydrogen-bond acceptors (Lipinski definition) is 4. The van der Waals surface area contributed by atoms with Crippen LogP contribution in [-0.2, 0) is 14.3 Å². The van der Waals surface area contributed by atoms with Crippen LogP contribution < -0.4 is 10.6 Å². The average Bonchev–Trinajstić information content (AvgIpc) is 3.08. The van der Waals surface area contributed by atoms with Crippen molar-refractivity contribution in [2.75, 3.05) is 6.61 Å². The molecule has 3 N–H and O–H groups in total. The van der Waals surface area contributed by atoms with Gasteiger partial charge in [-0.3, -0.25) is 9.59 Å². The molecule has 0 aliphatic heterocycles. The van der Waals surface area contributed by atoms with Crippen LogP contribution >= 0.6 is 0 Å². The van der Waals surface area contributed by atoms with E-state index in [0.29, 0.717) is 0 Å². The van der Waals surface area contributed by atoms with Crippen molar-refractivity contribution in [1.29, 1.82) is 0 Å². The van der Waals surface area contributed by atoms with Crippen LogP contribution in [0.1, 0.15) is 50.7 Å². The summed E-state index contributed by atoms with van der Waals surface area (Å²) in [6, 6.07) is 14.8. The van der Waals surface area contributed by atoms with E-state index in [4.69, 9.17) is 4.74 Å². The number of amides is 2. The summed E-state index contributed by atoms with van der Waals surface area (Å²) in [5.74, 6) is -1.82. The van der Waals surface area contributed by atoms with Gasteiger partial charge in [0.15, 0.2) is 0 Å². The van der Waals surface area contributed by atoms with Crippen molar-refractivity contribution in [1.82, 2.24) is 10.6 Å². The number of fused-ring (bicyclic) bond motifs is 3. The SMILES string of the molecule is CC1(C)CC1(C)NC(=O)C(CC(=O)O)NC(=O)OCC1c2ccccc2-c2ccccc21. The van der Waals surface area contributed by atoms with Crippen molar-refractivity contribution < 1.29 is 24.2 Å². The summed E-state index contributed by atoms with van der Waals surface area (Å²) in [6.45, 7) is 6.05. The van der Waals surface area contributed by atoms with Gasteiger partial charge < -0.3 is 20.5 Å². The summed E-state index contributed by atoms with van der Waals surface area (Å²) in [6.07, 6.45) is -0.545. The Balaban J connectivity index is 1.42. The summed E-state index contributed by atoms with van der Waals surface area (Å²) in [5, 5.41) is 14.5. The number of carboxylic acid groups (broad SMARTS) is 1. The largest absolute Gasteiger partial charge is 0.481 e. The van der Waals surface area contributed by atoms with Gasteiger partial charge in [0.05, 0.1) is 6.42 Å². The van der Waals surface area contributed by atoms with E-state index in [2.05, 4.69) is 10.6 Å². The Labute approximate surface area is 187 Å². The Hall–Kier alpha value is -3.35. The number of rotatable bonds is 7. The highest BCUT2D eigenvalue weighted by atomic mass is 16.5. The molecule has 0 heterocycles. The van der Waals surface area contributed by atoms with Gasteiger partial charge in [-0.05, 0) is 41.0 Å². The lowest BCUT2D eigenvalue weighted by Crippen LogP contribution is -2.51. The number of nitrogens with one attached hydrogen (secondary N) is 2. The molecule has 7 heteroatoms. The summed E-state index contributed by atoms with van der Waals surface area (Å²) in [4.78, 5) is 36.5. The molecule has 2 atom stereocenters. The van der Waals surface area contributed by atoms with Crippen molar-refractivity contribution in [2.24, 2.45) is 5.41 Å². The quantitative estimate of drug-likeness (QED) is 0.614. The third-order valence-corrected chi connectivity index (χ3v) is 6.89. The van der Waals surface area contributed by atoms with Crippen LogP contribution in [0.15, 0.2) is 48.5 Å². The number of alkyl carbamates (subject to hydrolysis) is 1. The van der Waals surface area contributed by atoms with Gasteiger partial charge in [-0.1, -0.05) is 62.4 Å². The predicted molar refractivity (Wildman–Crippen MR) is 119 cm³/mol. The smallest absolute Gasteiger partial charge is 0.407 e. The summed E-state index contributed by atoms with van der Waals surface area (Å²) in [5.41, 5.74) is 3.89. The van der Waals surface area contributed by atoms with Crippen molar-refractivity contribution in [3.8, 4) is 11.1 Å². The van der Waals surface area contributed by atoms with E-state index >= 15 is 0 Å². The molecule has 2 aliphatic rings. The monoisotopic (exact) mass is 436 g/mol. The lowest BCUT2D eigenvalue weighted by molar-refractivity contribution is -0.140. The minimum Gasteiger partial charge on any atom is -0.481 e. The second kappa shape index (κ2) is 7.97. The normalized spacial score (nSPS) is 21.1. The highest BCUT2D eigenvalue weighted by Crippen LogP contribution is 2.55. The van der Waals surface area contributed by atoms with Gasteiger partial charge in [0.2, 0.25) is 5.91 Å². The maximum Gasteiger partial charge on any atom is 0.407 e. The molecular formula is C25H28N2O5. The molecule has 1 saturated carbocycles. The van der Waals surface area contributed by atoms with E-state index in [0.717, 1.165) is 28.7 Å². The van der Waals surface area contributed by atoms with Gasteiger partial charge in [-0.15, -0.1) is 0 Å². The molecule has 0 radical (unpaired) electrons. The molecule has 0 aromatic heterocycles. The van der Waals surface area contributed by atoms with Crippen LogP contribution in [0.5, 0.6) is 0 Å². The first-order valence-electron chi connectivity index (χ1n) is 10.8. The fourth-order valence-corrected chi connectivity index (χ4v) is 4.58. The molecule has 2 aromatic carbocycles. The Morgan fingerprint density at radius 3 is 2.06 bits per heavy atom. The molecule has 0 saturated heterocycles.